The Morgan fingerprint density at radius 3 is 2.70 bits per heavy atom. The highest BCUT2D eigenvalue weighted by molar-refractivity contribution is 6.35. The topological polar surface area (TPSA) is 89.0 Å². The predicted molar refractivity (Wildman–Crippen MR) is 83.3 cm³/mol. The number of benzene rings is 1. The van der Waals surface area contributed by atoms with E-state index in [1.807, 2.05) is 0 Å². The Hall–Kier alpha value is -2.57. The van der Waals surface area contributed by atoms with Gasteiger partial charge in [0.05, 0.1) is 6.21 Å². The van der Waals surface area contributed by atoms with E-state index >= 15 is 0 Å². The van der Waals surface area contributed by atoms with Crippen LogP contribution in [0.1, 0.15) is 37.7 Å². The molecule has 2 N–H and O–H groups in total. The Kier molecular flexibility index (Phi) is 4.75. The van der Waals surface area contributed by atoms with Gasteiger partial charge in [-0.25, -0.2) is 5.43 Å². The Bertz CT molecular complexity index is 624. The van der Waals surface area contributed by atoms with E-state index in [1.165, 1.54) is 12.6 Å². The van der Waals surface area contributed by atoms with Crippen molar-refractivity contribution in [3.05, 3.63) is 23.8 Å². The molecule has 0 aromatic heterocycles. The summed E-state index contributed by atoms with van der Waals surface area (Å²) in [5.41, 5.74) is 2.97. The lowest BCUT2D eigenvalue weighted by Crippen LogP contribution is -2.44. The van der Waals surface area contributed by atoms with Crippen molar-refractivity contribution in [2.45, 2.75) is 38.1 Å². The fourth-order valence-electron chi connectivity index (χ4n) is 2.71. The number of nitrogens with one attached hydrogen (secondary N) is 2. The largest absolute Gasteiger partial charge is 0.454 e. The van der Waals surface area contributed by atoms with E-state index in [2.05, 4.69) is 15.8 Å². The van der Waals surface area contributed by atoms with Gasteiger partial charge < -0.3 is 14.8 Å². The molecule has 1 fully saturated rings. The molecule has 1 aromatic carbocycles. The van der Waals surface area contributed by atoms with Crippen molar-refractivity contribution in [2.75, 3.05) is 6.79 Å². The number of hydrogen-bond acceptors (Lipinski definition) is 5. The second kappa shape index (κ2) is 7.13. The minimum atomic E-state index is -0.757. The van der Waals surface area contributed by atoms with Crippen LogP contribution in [-0.2, 0) is 9.59 Å². The number of hydrazone groups is 1. The highest BCUT2D eigenvalue weighted by atomic mass is 16.7. The highest BCUT2D eigenvalue weighted by Crippen LogP contribution is 2.31. The summed E-state index contributed by atoms with van der Waals surface area (Å²) in [5, 5.41) is 6.54. The summed E-state index contributed by atoms with van der Waals surface area (Å²) in [4.78, 5) is 23.5. The standard InChI is InChI=1S/C16H19N3O4/c20-15(18-12-4-2-1-3-5-12)16(21)19-17-9-11-6-7-13-14(8-11)23-10-22-13/h6-9,12H,1-5,10H2,(H,18,20)(H,19,21)/b17-9-. The molecule has 23 heavy (non-hydrogen) atoms. The van der Waals surface area contributed by atoms with Crippen molar-refractivity contribution in [2.24, 2.45) is 5.10 Å². The molecular formula is C16H19N3O4. The van der Waals surface area contributed by atoms with Gasteiger partial charge in [0.1, 0.15) is 0 Å². The quantitative estimate of drug-likeness (QED) is 0.500. The van der Waals surface area contributed by atoms with Gasteiger partial charge in [0.2, 0.25) is 6.79 Å². The molecule has 3 rings (SSSR count). The number of hydrogen-bond donors (Lipinski definition) is 2. The van der Waals surface area contributed by atoms with Gasteiger partial charge in [-0.15, -0.1) is 0 Å². The van der Waals surface area contributed by atoms with E-state index < -0.39 is 11.8 Å². The first kappa shape index (κ1) is 15.3. The maximum absolute atomic E-state index is 11.8. The molecule has 0 bridgehead atoms. The number of carbonyl (C=O) groups is 2. The van der Waals surface area contributed by atoms with Crippen LogP contribution in [0.15, 0.2) is 23.3 Å². The fourth-order valence-corrected chi connectivity index (χ4v) is 2.71. The summed E-state index contributed by atoms with van der Waals surface area (Å²) in [7, 11) is 0. The minimum Gasteiger partial charge on any atom is -0.454 e. The van der Waals surface area contributed by atoms with Gasteiger partial charge in [-0.2, -0.15) is 5.10 Å². The fraction of sp³-hybridized carbons (Fsp3) is 0.438. The van der Waals surface area contributed by atoms with E-state index in [1.54, 1.807) is 18.2 Å². The number of amides is 2. The molecule has 1 aliphatic heterocycles. The average molecular weight is 317 g/mol. The molecule has 0 radical (unpaired) electrons. The zero-order chi connectivity index (χ0) is 16.1. The smallest absolute Gasteiger partial charge is 0.329 e. The maximum atomic E-state index is 11.8. The van der Waals surface area contributed by atoms with E-state index in [9.17, 15) is 9.59 Å². The summed E-state index contributed by atoms with van der Waals surface area (Å²) >= 11 is 0. The molecule has 0 unspecified atom stereocenters. The van der Waals surface area contributed by atoms with Crippen molar-refractivity contribution in [3.63, 3.8) is 0 Å². The second-order valence-corrected chi connectivity index (χ2v) is 5.62. The van der Waals surface area contributed by atoms with Crippen LogP contribution in [0.5, 0.6) is 11.5 Å². The molecule has 0 saturated heterocycles. The maximum Gasteiger partial charge on any atom is 0.329 e. The SMILES string of the molecule is O=C(N/N=C\c1ccc2c(c1)OCO2)C(=O)NC1CCCCC1. The van der Waals surface area contributed by atoms with Gasteiger partial charge in [-0.3, -0.25) is 9.59 Å². The second-order valence-electron chi connectivity index (χ2n) is 5.62. The summed E-state index contributed by atoms with van der Waals surface area (Å²) < 4.78 is 10.5. The molecule has 7 nitrogen and oxygen atoms in total. The van der Waals surface area contributed by atoms with Crippen LogP contribution in [0, 0.1) is 0 Å². The number of rotatable bonds is 3. The Morgan fingerprint density at radius 2 is 1.87 bits per heavy atom. The van der Waals surface area contributed by atoms with Gasteiger partial charge in [-0.05, 0) is 36.6 Å². The summed E-state index contributed by atoms with van der Waals surface area (Å²) in [6.45, 7) is 0.202. The normalized spacial score (nSPS) is 17.2. The Balaban J connectivity index is 1.48. The van der Waals surface area contributed by atoms with Crippen LogP contribution in [0.4, 0.5) is 0 Å². The molecule has 2 aliphatic rings. The van der Waals surface area contributed by atoms with Crippen molar-refractivity contribution in [1.82, 2.24) is 10.7 Å². The van der Waals surface area contributed by atoms with Crippen LogP contribution in [-0.4, -0.2) is 30.9 Å². The first-order valence-corrected chi connectivity index (χ1v) is 7.76. The van der Waals surface area contributed by atoms with Crippen molar-refractivity contribution < 1.29 is 19.1 Å². The monoisotopic (exact) mass is 317 g/mol. The van der Waals surface area contributed by atoms with Gasteiger partial charge in [0.15, 0.2) is 11.5 Å². The number of carbonyl (C=O) groups excluding carboxylic acids is 2. The minimum absolute atomic E-state index is 0.0971. The molecule has 0 atom stereocenters. The molecule has 1 aliphatic carbocycles. The van der Waals surface area contributed by atoms with Crippen LogP contribution >= 0.6 is 0 Å². The van der Waals surface area contributed by atoms with E-state index in [0.717, 1.165) is 31.2 Å². The lowest BCUT2D eigenvalue weighted by molar-refractivity contribution is -0.139. The molecule has 1 saturated carbocycles. The molecular weight excluding hydrogens is 298 g/mol. The van der Waals surface area contributed by atoms with Gasteiger partial charge >= 0.3 is 11.8 Å². The molecule has 1 heterocycles. The van der Waals surface area contributed by atoms with Gasteiger partial charge in [-0.1, -0.05) is 19.3 Å². The number of ether oxygens (including phenoxy) is 2. The van der Waals surface area contributed by atoms with Crippen LogP contribution < -0.4 is 20.2 Å². The third-order valence-corrected chi connectivity index (χ3v) is 3.92. The van der Waals surface area contributed by atoms with Crippen molar-refractivity contribution in [1.29, 1.82) is 0 Å². The Labute approximate surface area is 134 Å². The lowest BCUT2D eigenvalue weighted by Gasteiger charge is -2.22. The first-order valence-electron chi connectivity index (χ1n) is 7.76. The first-order chi connectivity index (χ1) is 11.2. The summed E-state index contributed by atoms with van der Waals surface area (Å²) in [6.07, 6.45) is 6.69. The third-order valence-electron chi connectivity index (χ3n) is 3.92. The summed E-state index contributed by atoms with van der Waals surface area (Å²) in [5.74, 6) is -0.0827. The van der Waals surface area contributed by atoms with Gasteiger partial charge in [0, 0.05) is 6.04 Å². The van der Waals surface area contributed by atoms with Crippen molar-refractivity contribution >= 4 is 18.0 Å². The number of fused-ring (bicyclic) bond motifs is 1. The summed E-state index contributed by atoms with van der Waals surface area (Å²) in [6, 6.07) is 5.40. The Morgan fingerprint density at radius 1 is 1.09 bits per heavy atom. The molecule has 122 valence electrons. The number of nitrogens with zero attached hydrogens (tertiary/aromatic N) is 1. The molecule has 7 heteroatoms. The lowest BCUT2D eigenvalue weighted by atomic mass is 9.95. The van der Waals surface area contributed by atoms with Crippen molar-refractivity contribution in [3.8, 4) is 11.5 Å². The van der Waals surface area contributed by atoms with Crippen LogP contribution in [0.2, 0.25) is 0 Å². The van der Waals surface area contributed by atoms with E-state index in [4.69, 9.17) is 9.47 Å². The molecule has 2 amide bonds. The average Bonchev–Trinajstić information content (AvgIpc) is 3.03. The van der Waals surface area contributed by atoms with Crippen LogP contribution in [0.3, 0.4) is 0 Å². The zero-order valence-electron chi connectivity index (χ0n) is 12.7. The highest BCUT2D eigenvalue weighted by Gasteiger charge is 2.20. The van der Waals surface area contributed by atoms with E-state index in [-0.39, 0.29) is 12.8 Å². The third kappa shape index (κ3) is 4.00. The zero-order valence-corrected chi connectivity index (χ0v) is 12.7. The van der Waals surface area contributed by atoms with Crippen LogP contribution in [0.25, 0.3) is 0 Å². The van der Waals surface area contributed by atoms with Gasteiger partial charge in [0.25, 0.3) is 0 Å². The molecule has 0 spiro atoms. The molecule has 1 aromatic rings. The predicted octanol–water partition coefficient (Wildman–Crippen LogP) is 1.31. The van der Waals surface area contributed by atoms with E-state index in [0.29, 0.717) is 11.5 Å².